The maximum Gasteiger partial charge on any atom is 0.229 e. The normalized spacial score (nSPS) is 16.4. The highest BCUT2D eigenvalue weighted by Crippen LogP contribution is 2.32. The molecule has 9 heteroatoms. The Morgan fingerprint density at radius 1 is 1.05 bits per heavy atom. The number of imidazole rings is 1. The van der Waals surface area contributed by atoms with Crippen LogP contribution in [0.3, 0.4) is 0 Å². The molecular weight excluding hydrogens is 484 g/mol. The van der Waals surface area contributed by atoms with Crippen LogP contribution in [0.5, 0.6) is 0 Å². The summed E-state index contributed by atoms with van der Waals surface area (Å²) in [4.78, 5) is 19.7. The van der Waals surface area contributed by atoms with E-state index in [4.69, 9.17) is 0 Å². The van der Waals surface area contributed by atoms with Gasteiger partial charge in [0.2, 0.25) is 5.95 Å². The van der Waals surface area contributed by atoms with E-state index in [2.05, 4.69) is 56.3 Å². The number of anilines is 2. The number of benzene rings is 1. The molecule has 1 aliphatic rings. The minimum atomic E-state index is -0.638. The second kappa shape index (κ2) is 10.5. The molecule has 1 aliphatic heterocycles. The summed E-state index contributed by atoms with van der Waals surface area (Å²) < 4.78 is 31.7. The van der Waals surface area contributed by atoms with Gasteiger partial charge >= 0.3 is 0 Å². The van der Waals surface area contributed by atoms with Crippen molar-refractivity contribution in [3.63, 3.8) is 0 Å². The third-order valence-electron chi connectivity index (χ3n) is 7.35. The number of rotatable bonds is 7. The number of aryl methyl sites for hydroxylation is 1. The summed E-state index contributed by atoms with van der Waals surface area (Å²) in [7, 11) is 0. The molecule has 5 rings (SSSR count). The number of allylic oxidation sites excluding steroid dienone is 1. The highest BCUT2D eigenvalue weighted by Gasteiger charge is 2.21. The van der Waals surface area contributed by atoms with Gasteiger partial charge in [0.25, 0.3) is 0 Å². The van der Waals surface area contributed by atoms with E-state index in [-0.39, 0.29) is 23.2 Å². The summed E-state index contributed by atoms with van der Waals surface area (Å²) in [5.74, 6) is 1.07. The zero-order valence-corrected chi connectivity index (χ0v) is 22.4. The molecule has 0 spiro atoms. The van der Waals surface area contributed by atoms with Crippen molar-refractivity contribution in [2.75, 3.05) is 18.4 Å². The Kier molecular flexibility index (Phi) is 7.10. The molecule has 0 fully saturated rings. The molecule has 0 radical (unpaired) electrons. The standard InChI is InChI=1S/C29H33F2N7/c1-6-37-11-9-20(10-12-37)18(4)21-7-8-26(32-15-21)35-29-33-16-24(31)27(36-29)22-13-23(30)28-25(14-22)38(17(2)3)19(5)34-28/h7-9,11,13-18,20H,6,10,12H2,1-5H3,(H,32,33,35,36)/t18-,20?/m1/s1. The molecule has 0 saturated heterocycles. The van der Waals surface area contributed by atoms with Crippen molar-refractivity contribution in [1.82, 2.24) is 29.4 Å². The molecule has 2 atom stereocenters. The van der Waals surface area contributed by atoms with E-state index >= 15 is 0 Å². The van der Waals surface area contributed by atoms with E-state index in [9.17, 15) is 8.78 Å². The summed E-state index contributed by atoms with van der Waals surface area (Å²) in [5.41, 5.74) is 2.34. The maximum atomic E-state index is 15.0. The first-order valence-electron chi connectivity index (χ1n) is 13.1. The Morgan fingerprint density at radius 2 is 1.87 bits per heavy atom. The minimum Gasteiger partial charge on any atom is -0.378 e. The lowest BCUT2D eigenvalue weighted by atomic mass is 9.85. The van der Waals surface area contributed by atoms with Gasteiger partial charge in [-0.1, -0.05) is 19.1 Å². The van der Waals surface area contributed by atoms with Gasteiger partial charge in [0, 0.05) is 30.9 Å². The van der Waals surface area contributed by atoms with Crippen LogP contribution in [-0.4, -0.2) is 42.5 Å². The summed E-state index contributed by atoms with van der Waals surface area (Å²) in [6, 6.07) is 6.98. The Labute approximate surface area is 221 Å². The van der Waals surface area contributed by atoms with Gasteiger partial charge < -0.3 is 14.8 Å². The van der Waals surface area contributed by atoms with Crippen LogP contribution in [-0.2, 0) is 0 Å². The second-order valence-electron chi connectivity index (χ2n) is 10.2. The number of halogens is 2. The zero-order valence-electron chi connectivity index (χ0n) is 22.4. The van der Waals surface area contributed by atoms with Gasteiger partial charge in [-0.15, -0.1) is 0 Å². The molecule has 1 unspecified atom stereocenters. The molecule has 0 bridgehead atoms. The second-order valence-corrected chi connectivity index (χ2v) is 10.2. The summed E-state index contributed by atoms with van der Waals surface area (Å²) in [6.45, 7) is 12.3. The van der Waals surface area contributed by atoms with Crippen LogP contribution in [0.2, 0.25) is 0 Å². The van der Waals surface area contributed by atoms with E-state index in [0.717, 1.165) is 31.3 Å². The first kappa shape index (κ1) is 25.8. The van der Waals surface area contributed by atoms with E-state index in [1.807, 2.05) is 43.7 Å². The first-order valence-corrected chi connectivity index (χ1v) is 13.1. The lowest BCUT2D eigenvalue weighted by molar-refractivity contribution is 0.321. The first-order chi connectivity index (χ1) is 18.2. The van der Waals surface area contributed by atoms with Crippen molar-refractivity contribution >= 4 is 22.8 Å². The van der Waals surface area contributed by atoms with Crippen molar-refractivity contribution in [2.45, 2.75) is 53.0 Å². The van der Waals surface area contributed by atoms with Crippen LogP contribution in [0.4, 0.5) is 20.5 Å². The molecule has 4 aromatic rings. The molecule has 198 valence electrons. The van der Waals surface area contributed by atoms with Crippen LogP contribution in [0.1, 0.15) is 57.5 Å². The molecule has 0 aliphatic carbocycles. The van der Waals surface area contributed by atoms with Gasteiger partial charge in [-0.2, -0.15) is 0 Å². The van der Waals surface area contributed by atoms with Crippen LogP contribution >= 0.6 is 0 Å². The number of hydrogen-bond donors (Lipinski definition) is 1. The molecule has 0 saturated carbocycles. The molecule has 1 N–H and O–H groups in total. The van der Waals surface area contributed by atoms with Crippen LogP contribution in [0, 0.1) is 24.5 Å². The van der Waals surface area contributed by atoms with Gasteiger partial charge in [0.15, 0.2) is 11.6 Å². The minimum absolute atomic E-state index is 0.00732. The number of aromatic nitrogens is 5. The van der Waals surface area contributed by atoms with E-state index in [1.165, 1.54) is 6.07 Å². The third-order valence-corrected chi connectivity index (χ3v) is 7.35. The van der Waals surface area contributed by atoms with E-state index < -0.39 is 11.6 Å². The molecule has 4 heterocycles. The van der Waals surface area contributed by atoms with Crippen molar-refractivity contribution in [1.29, 1.82) is 0 Å². The summed E-state index contributed by atoms with van der Waals surface area (Å²) >= 11 is 0. The molecule has 7 nitrogen and oxygen atoms in total. The van der Waals surface area contributed by atoms with Crippen LogP contribution in [0.15, 0.2) is 48.9 Å². The monoisotopic (exact) mass is 517 g/mol. The van der Waals surface area contributed by atoms with Crippen molar-refractivity contribution in [3.8, 4) is 11.3 Å². The number of pyridine rings is 1. The number of fused-ring (bicyclic) bond motifs is 1. The molecule has 3 aromatic heterocycles. The Balaban J connectivity index is 1.38. The highest BCUT2D eigenvalue weighted by atomic mass is 19.1. The van der Waals surface area contributed by atoms with Gasteiger partial charge in [-0.25, -0.2) is 28.7 Å². The van der Waals surface area contributed by atoms with Gasteiger partial charge in [-0.3, -0.25) is 0 Å². The SMILES string of the molecule is CCN1C=CC([C@@H](C)c2ccc(Nc3ncc(F)c(-c4cc(F)c5nc(C)n(C(C)C)c5c4)n3)nc2)CC1. The molecule has 1 aromatic carbocycles. The Bertz CT molecular complexity index is 1480. The fraction of sp³-hybridized carbons (Fsp3) is 0.379. The Hall–Kier alpha value is -3.88. The topological polar surface area (TPSA) is 71.8 Å². The Morgan fingerprint density at radius 3 is 2.53 bits per heavy atom. The number of nitrogens with zero attached hydrogens (tertiary/aromatic N) is 6. The predicted octanol–water partition coefficient (Wildman–Crippen LogP) is 6.76. The lowest BCUT2D eigenvalue weighted by Crippen LogP contribution is -2.26. The van der Waals surface area contributed by atoms with E-state index in [1.54, 1.807) is 6.07 Å². The maximum absolute atomic E-state index is 15.0. The average molecular weight is 518 g/mol. The number of hydrogen-bond acceptors (Lipinski definition) is 6. The van der Waals surface area contributed by atoms with Gasteiger partial charge in [0.1, 0.15) is 22.9 Å². The summed E-state index contributed by atoms with van der Waals surface area (Å²) in [5, 5.41) is 3.05. The third kappa shape index (κ3) is 4.97. The highest BCUT2D eigenvalue weighted by molar-refractivity contribution is 5.83. The fourth-order valence-corrected chi connectivity index (χ4v) is 5.20. The molecular formula is C29H33F2N7. The van der Waals surface area contributed by atoms with Crippen molar-refractivity contribution < 1.29 is 8.78 Å². The largest absolute Gasteiger partial charge is 0.378 e. The van der Waals surface area contributed by atoms with Crippen LogP contribution < -0.4 is 5.32 Å². The predicted molar refractivity (Wildman–Crippen MR) is 146 cm³/mol. The van der Waals surface area contributed by atoms with Crippen LogP contribution in [0.25, 0.3) is 22.3 Å². The smallest absolute Gasteiger partial charge is 0.229 e. The van der Waals surface area contributed by atoms with E-state index in [0.29, 0.717) is 34.6 Å². The summed E-state index contributed by atoms with van der Waals surface area (Å²) in [6.07, 6.45) is 8.53. The van der Waals surface area contributed by atoms with Gasteiger partial charge in [0.05, 0.1) is 11.7 Å². The molecule has 0 amide bonds. The number of nitrogens with one attached hydrogen (secondary N) is 1. The zero-order chi connectivity index (χ0) is 27.0. The molecule has 38 heavy (non-hydrogen) atoms. The van der Waals surface area contributed by atoms with Crippen molar-refractivity contribution in [2.24, 2.45) is 5.92 Å². The fourth-order valence-electron chi connectivity index (χ4n) is 5.20. The quantitative estimate of drug-likeness (QED) is 0.292. The average Bonchev–Trinajstić information content (AvgIpc) is 3.26. The lowest BCUT2D eigenvalue weighted by Gasteiger charge is -2.30. The van der Waals surface area contributed by atoms with Crippen molar-refractivity contribution in [3.05, 3.63) is 72.0 Å². The van der Waals surface area contributed by atoms with Gasteiger partial charge in [-0.05, 0) is 75.9 Å².